The third-order valence-electron chi connectivity index (χ3n) is 3.14. The Morgan fingerprint density at radius 1 is 1.33 bits per heavy atom. The predicted octanol–water partition coefficient (Wildman–Crippen LogP) is 3.05. The van der Waals surface area contributed by atoms with Crippen LogP contribution in [-0.4, -0.2) is 29.7 Å². The molecule has 0 fully saturated rings. The third kappa shape index (κ3) is 4.31. The summed E-state index contributed by atoms with van der Waals surface area (Å²) in [5, 5.41) is 0. The minimum Gasteiger partial charge on any atom is -0.497 e. The predicted molar refractivity (Wildman–Crippen MR) is 81.9 cm³/mol. The van der Waals surface area contributed by atoms with E-state index in [4.69, 9.17) is 14.2 Å². The normalized spacial score (nSPS) is 11.0. The smallest absolute Gasteiger partial charge is 0.331 e. The quantitative estimate of drug-likeness (QED) is 0.573. The molecule has 0 bridgehead atoms. The first-order chi connectivity index (χ1) is 11.5. The molecule has 24 heavy (non-hydrogen) atoms. The second-order valence-electron chi connectivity index (χ2n) is 4.58. The molecule has 0 atom stereocenters. The van der Waals surface area contributed by atoms with E-state index in [1.807, 2.05) is 0 Å². The van der Waals surface area contributed by atoms with Gasteiger partial charge in [0.15, 0.2) is 5.82 Å². The molecular formula is C16H16F2N2O4. The number of carbonyl (C=O) groups excluding carboxylic acids is 1. The highest BCUT2D eigenvalue weighted by atomic mass is 19.3. The van der Waals surface area contributed by atoms with Crippen molar-refractivity contribution in [1.82, 2.24) is 9.55 Å². The highest BCUT2D eigenvalue weighted by Crippen LogP contribution is 2.25. The van der Waals surface area contributed by atoms with Crippen LogP contribution in [0.3, 0.4) is 0 Å². The van der Waals surface area contributed by atoms with E-state index in [9.17, 15) is 13.6 Å². The molecule has 1 aromatic carbocycles. The zero-order chi connectivity index (χ0) is 17.5. The van der Waals surface area contributed by atoms with Gasteiger partial charge in [-0.2, -0.15) is 8.78 Å². The van der Waals surface area contributed by atoms with E-state index >= 15 is 0 Å². The number of hydrogen-bond acceptors (Lipinski definition) is 5. The molecule has 2 rings (SSSR count). The van der Waals surface area contributed by atoms with E-state index < -0.39 is 12.5 Å². The minimum absolute atomic E-state index is 0.0335. The first-order valence-electron chi connectivity index (χ1n) is 6.92. The number of methoxy groups -OCH3 is 2. The van der Waals surface area contributed by atoms with E-state index in [-0.39, 0.29) is 12.4 Å². The monoisotopic (exact) mass is 338 g/mol. The second kappa shape index (κ2) is 8.09. The topological polar surface area (TPSA) is 62.6 Å². The fraction of sp³-hybridized carbons (Fsp3) is 0.250. The van der Waals surface area contributed by atoms with Crippen molar-refractivity contribution in [3.8, 4) is 11.5 Å². The number of hydrogen-bond donors (Lipinski definition) is 0. The Labute approximate surface area is 137 Å². The molecule has 0 unspecified atom stereocenters. The van der Waals surface area contributed by atoms with Crippen LogP contribution in [0.5, 0.6) is 11.5 Å². The molecule has 0 aliphatic rings. The maximum Gasteiger partial charge on any atom is 0.331 e. The Kier molecular flexibility index (Phi) is 5.89. The van der Waals surface area contributed by atoms with Gasteiger partial charge in [-0.1, -0.05) is 0 Å². The van der Waals surface area contributed by atoms with Gasteiger partial charge in [-0.3, -0.25) is 4.57 Å². The molecule has 0 N–H and O–H groups in total. The van der Waals surface area contributed by atoms with Crippen molar-refractivity contribution in [2.75, 3.05) is 14.2 Å². The van der Waals surface area contributed by atoms with Gasteiger partial charge < -0.3 is 14.2 Å². The molecule has 2 aromatic rings. The molecule has 1 aromatic heterocycles. The van der Waals surface area contributed by atoms with Crippen molar-refractivity contribution in [3.63, 3.8) is 0 Å². The lowest BCUT2D eigenvalue weighted by atomic mass is 10.2. The molecular weight excluding hydrogens is 322 g/mol. The van der Waals surface area contributed by atoms with Crippen molar-refractivity contribution in [1.29, 1.82) is 0 Å². The van der Waals surface area contributed by atoms with E-state index in [2.05, 4.69) is 4.98 Å². The number of esters is 1. The summed E-state index contributed by atoms with van der Waals surface area (Å²) >= 11 is 0. The Balaban J connectivity index is 1.99. The van der Waals surface area contributed by atoms with E-state index in [1.54, 1.807) is 18.2 Å². The first kappa shape index (κ1) is 17.5. The molecule has 0 aliphatic carbocycles. The van der Waals surface area contributed by atoms with Gasteiger partial charge in [0.1, 0.15) is 18.1 Å². The van der Waals surface area contributed by atoms with Crippen LogP contribution in [0, 0.1) is 0 Å². The number of rotatable bonds is 7. The molecule has 8 heteroatoms. The van der Waals surface area contributed by atoms with Crippen molar-refractivity contribution in [2.24, 2.45) is 0 Å². The van der Waals surface area contributed by atoms with Crippen LogP contribution in [0.25, 0.3) is 6.08 Å². The molecule has 0 spiro atoms. The number of alkyl halides is 2. The summed E-state index contributed by atoms with van der Waals surface area (Å²) in [6, 6.07) is 5.10. The van der Waals surface area contributed by atoms with Gasteiger partial charge in [-0.25, -0.2) is 9.78 Å². The van der Waals surface area contributed by atoms with Crippen LogP contribution < -0.4 is 9.47 Å². The zero-order valence-electron chi connectivity index (χ0n) is 13.1. The summed E-state index contributed by atoms with van der Waals surface area (Å²) < 4.78 is 41.1. The van der Waals surface area contributed by atoms with Gasteiger partial charge >= 0.3 is 12.5 Å². The number of halogens is 2. The number of aromatic nitrogens is 2. The van der Waals surface area contributed by atoms with Gasteiger partial charge in [0, 0.05) is 30.1 Å². The fourth-order valence-electron chi connectivity index (χ4n) is 1.93. The van der Waals surface area contributed by atoms with Crippen LogP contribution >= 0.6 is 0 Å². The van der Waals surface area contributed by atoms with Crippen molar-refractivity contribution in [3.05, 3.63) is 48.1 Å². The average molecular weight is 338 g/mol. The highest BCUT2D eigenvalue weighted by Gasteiger charge is 2.12. The number of nitrogens with zero attached hydrogens (tertiary/aromatic N) is 2. The fourth-order valence-corrected chi connectivity index (χ4v) is 1.93. The standard InChI is InChI=1S/C16H16F2N2O4/c1-22-12-5-3-11(13(9-12)23-2)4-6-15(21)24-10-14-19-7-8-20(14)16(17)18/h3-9,16H,10H2,1-2H3/b6-4+. The molecule has 0 radical (unpaired) electrons. The molecule has 0 saturated carbocycles. The minimum atomic E-state index is -2.74. The SMILES string of the molecule is COc1ccc(/C=C/C(=O)OCc2nccn2C(F)F)c(OC)c1. The van der Waals surface area contributed by atoms with Gasteiger partial charge in [0.05, 0.1) is 14.2 Å². The van der Waals surface area contributed by atoms with Crippen molar-refractivity contribution < 1.29 is 27.8 Å². The Hall–Kier alpha value is -2.90. The van der Waals surface area contributed by atoms with Gasteiger partial charge in [-0.05, 0) is 18.2 Å². The number of carbonyl (C=O) groups is 1. The molecule has 0 saturated heterocycles. The zero-order valence-corrected chi connectivity index (χ0v) is 13.1. The summed E-state index contributed by atoms with van der Waals surface area (Å²) in [5.41, 5.74) is 0.643. The number of benzene rings is 1. The maximum atomic E-state index is 12.6. The van der Waals surface area contributed by atoms with Crippen LogP contribution in [0.4, 0.5) is 8.78 Å². The Morgan fingerprint density at radius 2 is 2.12 bits per heavy atom. The summed E-state index contributed by atoms with van der Waals surface area (Å²) in [5.74, 6) is 0.419. The van der Waals surface area contributed by atoms with Crippen LogP contribution in [0.15, 0.2) is 36.7 Å². The van der Waals surface area contributed by atoms with Gasteiger partial charge in [-0.15, -0.1) is 0 Å². The lowest BCUT2D eigenvalue weighted by Gasteiger charge is -2.07. The molecule has 0 aliphatic heterocycles. The second-order valence-corrected chi connectivity index (χ2v) is 4.58. The molecule has 0 amide bonds. The van der Waals surface area contributed by atoms with Crippen molar-refractivity contribution in [2.45, 2.75) is 13.2 Å². The van der Waals surface area contributed by atoms with E-state index in [0.29, 0.717) is 21.6 Å². The number of ether oxygens (including phenoxy) is 3. The van der Waals surface area contributed by atoms with Crippen LogP contribution in [-0.2, 0) is 16.1 Å². The first-order valence-corrected chi connectivity index (χ1v) is 6.92. The summed E-state index contributed by atoms with van der Waals surface area (Å²) in [6.07, 6.45) is 5.01. The van der Waals surface area contributed by atoms with Crippen LogP contribution in [0.2, 0.25) is 0 Å². The van der Waals surface area contributed by atoms with Crippen molar-refractivity contribution >= 4 is 12.0 Å². The largest absolute Gasteiger partial charge is 0.497 e. The van der Waals surface area contributed by atoms with Crippen LogP contribution in [0.1, 0.15) is 17.9 Å². The Bertz CT molecular complexity index is 729. The highest BCUT2D eigenvalue weighted by molar-refractivity contribution is 5.87. The third-order valence-corrected chi connectivity index (χ3v) is 3.14. The lowest BCUT2D eigenvalue weighted by Crippen LogP contribution is -2.08. The average Bonchev–Trinajstić information content (AvgIpc) is 3.06. The molecule has 128 valence electrons. The Morgan fingerprint density at radius 3 is 2.79 bits per heavy atom. The van der Waals surface area contributed by atoms with Gasteiger partial charge in [0.2, 0.25) is 0 Å². The lowest BCUT2D eigenvalue weighted by molar-refractivity contribution is -0.139. The molecule has 6 nitrogen and oxygen atoms in total. The van der Waals surface area contributed by atoms with Gasteiger partial charge in [0.25, 0.3) is 0 Å². The summed E-state index contributed by atoms with van der Waals surface area (Å²) in [4.78, 5) is 15.4. The van der Waals surface area contributed by atoms with E-state index in [1.165, 1.54) is 32.6 Å². The summed E-state index contributed by atoms with van der Waals surface area (Å²) in [6.45, 7) is -3.08. The maximum absolute atomic E-state index is 12.6. The van der Waals surface area contributed by atoms with E-state index in [0.717, 1.165) is 6.20 Å². The number of imidazole rings is 1. The molecule has 1 heterocycles. The summed E-state index contributed by atoms with van der Waals surface area (Å²) in [7, 11) is 3.03.